The van der Waals surface area contributed by atoms with Crippen molar-refractivity contribution in [1.29, 1.82) is 0 Å². The molecule has 0 fully saturated rings. The van der Waals surface area contributed by atoms with E-state index in [0.29, 0.717) is 56.8 Å². The van der Waals surface area contributed by atoms with Crippen molar-refractivity contribution < 1.29 is 19.1 Å². The van der Waals surface area contributed by atoms with Crippen LogP contribution in [0.2, 0.25) is 5.02 Å². The number of ether oxygens (including phenoxy) is 2. The molecule has 1 amide bonds. The highest BCUT2D eigenvalue weighted by Gasteiger charge is 2.13. The van der Waals surface area contributed by atoms with Crippen molar-refractivity contribution in [3.8, 4) is 11.5 Å². The van der Waals surface area contributed by atoms with Gasteiger partial charge in [-0.05, 0) is 42.5 Å². The Balaban J connectivity index is 1.82. The second kappa shape index (κ2) is 10.3. The fourth-order valence-corrected chi connectivity index (χ4v) is 3.11. The van der Waals surface area contributed by atoms with E-state index in [4.69, 9.17) is 26.8 Å². The van der Waals surface area contributed by atoms with Gasteiger partial charge in [0.15, 0.2) is 17.8 Å². The number of hydrogen-bond donors (Lipinski definition) is 3. The zero-order valence-electron chi connectivity index (χ0n) is 17.4. The van der Waals surface area contributed by atoms with Crippen LogP contribution in [0.15, 0.2) is 54.7 Å². The number of carbonyl (C=O) groups excluding carboxylic acids is 2. The number of nitrogens with one attached hydrogen (secondary N) is 2. The summed E-state index contributed by atoms with van der Waals surface area (Å²) in [6.07, 6.45) is 5.26. The highest BCUT2D eigenvalue weighted by molar-refractivity contribution is 6.31. The standard InChI is InChI=1S/C23H21ClN4O4/c1-31-20-12-17(10-15(13-29)22(20)32-2)27-23-14(4-3-9-26-23)5-8-21(30)28-19-7-6-16(24)11-18(19)25/h3-13H,25H2,1-2H3,(H,26,27)(H,28,30)/b8-5+. The minimum Gasteiger partial charge on any atom is -0.493 e. The molecule has 3 aromatic rings. The third-order valence-electron chi connectivity index (χ3n) is 4.42. The van der Waals surface area contributed by atoms with E-state index in [1.54, 1.807) is 54.7 Å². The van der Waals surface area contributed by atoms with Crippen molar-refractivity contribution in [1.82, 2.24) is 4.98 Å². The molecule has 0 aliphatic carbocycles. The number of aldehydes is 1. The quantitative estimate of drug-likeness (QED) is 0.261. The number of carbonyl (C=O) groups is 2. The summed E-state index contributed by atoms with van der Waals surface area (Å²) in [5.41, 5.74) is 8.22. The number of pyridine rings is 1. The Kier molecular flexibility index (Phi) is 7.30. The van der Waals surface area contributed by atoms with Gasteiger partial charge in [0.05, 0.1) is 31.2 Å². The molecule has 0 aliphatic rings. The van der Waals surface area contributed by atoms with Crippen LogP contribution >= 0.6 is 11.6 Å². The first-order valence-corrected chi connectivity index (χ1v) is 9.80. The van der Waals surface area contributed by atoms with Gasteiger partial charge in [0.1, 0.15) is 5.82 Å². The lowest BCUT2D eigenvalue weighted by Gasteiger charge is -2.14. The number of nitrogens with zero attached hydrogens (tertiary/aromatic N) is 1. The molecule has 0 radical (unpaired) electrons. The SMILES string of the molecule is COc1cc(Nc2ncccc2/C=C/C(=O)Nc2ccc(Cl)cc2N)cc(C=O)c1OC. The van der Waals surface area contributed by atoms with Crippen LogP contribution in [0.4, 0.5) is 22.9 Å². The number of nitrogen functional groups attached to an aromatic ring is 1. The molecule has 164 valence electrons. The number of halogens is 1. The summed E-state index contributed by atoms with van der Waals surface area (Å²) < 4.78 is 10.6. The van der Waals surface area contributed by atoms with Gasteiger partial charge in [0, 0.05) is 34.6 Å². The van der Waals surface area contributed by atoms with Gasteiger partial charge in [-0.15, -0.1) is 0 Å². The fraction of sp³-hybridized carbons (Fsp3) is 0.0870. The third-order valence-corrected chi connectivity index (χ3v) is 4.66. The number of anilines is 4. The van der Waals surface area contributed by atoms with Crippen LogP contribution in [0.5, 0.6) is 11.5 Å². The maximum absolute atomic E-state index is 12.3. The molecule has 4 N–H and O–H groups in total. The average Bonchev–Trinajstić information content (AvgIpc) is 2.79. The minimum absolute atomic E-state index is 0.322. The summed E-state index contributed by atoms with van der Waals surface area (Å²) in [7, 11) is 2.94. The van der Waals surface area contributed by atoms with Crippen LogP contribution in [0.25, 0.3) is 6.08 Å². The normalized spacial score (nSPS) is 10.6. The van der Waals surface area contributed by atoms with Gasteiger partial charge in [0.2, 0.25) is 5.91 Å². The number of benzene rings is 2. The largest absolute Gasteiger partial charge is 0.493 e. The van der Waals surface area contributed by atoms with Gasteiger partial charge in [-0.25, -0.2) is 4.98 Å². The van der Waals surface area contributed by atoms with E-state index in [2.05, 4.69) is 15.6 Å². The summed E-state index contributed by atoms with van der Waals surface area (Å²) in [6, 6.07) is 11.7. The first-order chi connectivity index (χ1) is 15.4. The van der Waals surface area contributed by atoms with E-state index in [-0.39, 0.29) is 5.91 Å². The molecule has 32 heavy (non-hydrogen) atoms. The first kappa shape index (κ1) is 22.6. The van der Waals surface area contributed by atoms with Crippen LogP contribution in [0.3, 0.4) is 0 Å². The number of amides is 1. The van der Waals surface area contributed by atoms with Crippen LogP contribution in [0, 0.1) is 0 Å². The number of nitrogens with two attached hydrogens (primary N) is 1. The lowest BCUT2D eigenvalue weighted by atomic mass is 10.1. The molecule has 8 nitrogen and oxygen atoms in total. The predicted octanol–water partition coefficient (Wildman–Crippen LogP) is 4.54. The highest BCUT2D eigenvalue weighted by Crippen LogP contribution is 2.35. The number of aromatic nitrogens is 1. The molecule has 0 atom stereocenters. The lowest BCUT2D eigenvalue weighted by Crippen LogP contribution is -2.09. The molecule has 0 bridgehead atoms. The molecule has 9 heteroatoms. The van der Waals surface area contributed by atoms with E-state index in [9.17, 15) is 9.59 Å². The minimum atomic E-state index is -0.372. The van der Waals surface area contributed by atoms with Crippen molar-refractivity contribution in [2.24, 2.45) is 0 Å². The van der Waals surface area contributed by atoms with Crippen LogP contribution in [-0.2, 0) is 4.79 Å². The van der Waals surface area contributed by atoms with E-state index in [1.807, 2.05) is 0 Å². The Bertz CT molecular complexity index is 1180. The van der Waals surface area contributed by atoms with Gasteiger partial charge >= 0.3 is 0 Å². The summed E-state index contributed by atoms with van der Waals surface area (Å²) in [6.45, 7) is 0. The molecule has 3 rings (SSSR count). The van der Waals surface area contributed by atoms with Crippen molar-refractivity contribution in [2.75, 3.05) is 30.6 Å². The van der Waals surface area contributed by atoms with Crippen LogP contribution in [-0.4, -0.2) is 31.4 Å². The van der Waals surface area contributed by atoms with Gasteiger partial charge in [-0.2, -0.15) is 0 Å². The second-order valence-electron chi connectivity index (χ2n) is 6.54. The summed E-state index contributed by atoms with van der Waals surface area (Å²) in [5.74, 6) is 0.842. The monoisotopic (exact) mass is 452 g/mol. The Morgan fingerprint density at radius 1 is 1.12 bits per heavy atom. The van der Waals surface area contributed by atoms with Crippen molar-refractivity contribution in [3.05, 3.63) is 70.9 Å². The Labute approximate surface area is 190 Å². The topological polar surface area (TPSA) is 116 Å². The number of hydrogen-bond acceptors (Lipinski definition) is 7. The zero-order valence-corrected chi connectivity index (χ0v) is 18.1. The Hall–Kier alpha value is -4.04. The van der Waals surface area contributed by atoms with Crippen molar-refractivity contribution >= 4 is 52.8 Å². The Morgan fingerprint density at radius 2 is 1.94 bits per heavy atom. The predicted molar refractivity (Wildman–Crippen MR) is 126 cm³/mol. The van der Waals surface area contributed by atoms with Crippen LogP contribution < -0.4 is 25.8 Å². The molecule has 1 heterocycles. The maximum atomic E-state index is 12.3. The molecular formula is C23H21ClN4O4. The van der Waals surface area contributed by atoms with E-state index in [0.717, 1.165) is 0 Å². The van der Waals surface area contributed by atoms with E-state index in [1.165, 1.54) is 20.3 Å². The zero-order chi connectivity index (χ0) is 23.1. The van der Waals surface area contributed by atoms with E-state index < -0.39 is 0 Å². The van der Waals surface area contributed by atoms with Gasteiger partial charge in [-0.1, -0.05) is 11.6 Å². The summed E-state index contributed by atoms with van der Waals surface area (Å²) in [4.78, 5) is 28.1. The first-order valence-electron chi connectivity index (χ1n) is 9.42. The molecule has 0 spiro atoms. The van der Waals surface area contributed by atoms with Gasteiger partial charge in [0.25, 0.3) is 0 Å². The highest BCUT2D eigenvalue weighted by atomic mass is 35.5. The van der Waals surface area contributed by atoms with Crippen molar-refractivity contribution in [2.45, 2.75) is 0 Å². The molecule has 0 aliphatic heterocycles. The Morgan fingerprint density at radius 3 is 2.62 bits per heavy atom. The molecule has 0 saturated heterocycles. The van der Waals surface area contributed by atoms with E-state index >= 15 is 0 Å². The summed E-state index contributed by atoms with van der Waals surface area (Å²) >= 11 is 5.88. The van der Waals surface area contributed by atoms with Gasteiger partial charge in [-0.3, -0.25) is 9.59 Å². The van der Waals surface area contributed by atoms with Crippen LogP contribution in [0.1, 0.15) is 15.9 Å². The smallest absolute Gasteiger partial charge is 0.248 e. The molecule has 1 aromatic heterocycles. The number of methoxy groups -OCH3 is 2. The molecule has 0 saturated carbocycles. The fourth-order valence-electron chi connectivity index (χ4n) is 2.93. The molecular weight excluding hydrogens is 432 g/mol. The van der Waals surface area contributed by atoms with Crippen molar-refractivity contribution in [3.63, 3.8) is 0 Å². The van der Waals surface area contributed by atoms with Gasteiger partial charge < -0.3 is 25.8 Å². The molecule has 0 unspecified atom stereocenters. The maximum Gasteiger partial charge on any atom is 0.248 e. The number of rotatable bonds is 8. The average molecular weight is 453 g/mol. The third kappa shape index (κ3) is 5.35. The lowest BCUT2D eigenvalue weighted by molar-refractivity contribution is -0.111. The second-order valence-corrected chi connectivity index (χ2v) is 6.98. The molecule has 2 aromatic carbocycles. The summed E-state index contributed by atoms with van der Waals surface area (Å²) in [5, 5.41) is 6.32.